The van der Waals surface area contributed by atoms with Crippen LogP contribution in [0.15, 0.2) is 24.8 Å². The van der Waals surface area contributed by atoms with E-state index < -0.39 is 5.60 Å². The molecule has 3 rings (SSSR count). The Bertz CT molecular complexity index is 666. The van der Waals surface area contributed by atoms with E-state index in [0.717, 1.165) is 0 Å². The fourth-order valence-electron chi connectivity index (χ4n) is 2.74. The Morgan fingerprint density at radius 1 is 1.52 bits per heavy atom. The molecule has 7 heteroatoms. The third-order valence-corrected chi connectivity index (χ3v) is 3.59. The molecule has 7 nitrogen and oxygen atoms in total. The maximum absolute atomic E-state index is 12.8. The molecule has 1 atom stereocenters. The van der Waals surface area contributed by atoms with Crippen LogP contribution in [0.25, 0.3) is 5.52 Å². The van der Waals surface area contributed by atoms with E-state index in [1.807, 2.05) is 13.8 Å². The summed E-state index contributed by atoms with van der Waals surface area (Å²) < 4.78 is 7.50. The predicted octanol–water partition coefficient (Wildman–Crippen LogP) is 0.308. The predicted molar refractivity (Wildman–Crippen MR) is 76.9 cm³/mol. The van der Waals surface area contributed by atoms with Crippen LogP contribution in [0.3, 0.4) is 0 Å². The fraction of sp³-hybridized carbons (Fsp3) is 0.500. The van der Waals surface area contributed by atoms with Gasteiger partial charge in [0.05, 0.1) is 35.2 Å². The molecule has 1 unspecified atom stereocenters. The highest BCUT2D eigenvalue weighted by Crippen LogP contribution is 2.23. The number of morpholine rings is 1. The minimum Gasteiger partial charge on any atom is -0.367 e. The van der Waals surface area contributed by atoms with Crippen LogP contribution in [0.5, 0.6) is 0 Å². The van der Waals surface area contributed by atoms with E-state index in [0.29, 0.717) is 30.7 Å². The summed E-state index contributed by atoms with van der Waals surface area (Å²) in [6.45, 7) is 5.35. The summed E-state index contributed by atoms with van der Waals surface area (Å²) in [7, 11) is 0. The highest BCUT2D eigenvalue weighted by atomic mass is 16.5. The van der Waals surface area contributed by atoms with Crippen LogP contribution < -0.4 is 5.73 Å². The van der Waals surface area contributed by atoms with E-state index in [9.17, 15) is 4.79 Å². The summed E-state index contributed by atoms with van der Waals surface area (Å²) in [4.78, 5) is 18.6. The molecular formula is C14H19N5O2. The number of amides is 1. The molecule has 0 spiro atoms. The van der Waals surface area contributed by atoms with Gasteiger partial charge in [-0.15, -0.1) is 0 Å². The van der Waals surface area contributed by atoms with Crippen LogP contribution in [0.2, 0.25) is 0 Å². The van der Waals surface area contributed by atoms with Gasteiger partial charge in [0.25, 0.3) is 5.91 Å². The summed E-state index contributed by atoms with van der Waals surface area (Å²) in [5.74, 6) is -0.0622. The SMILES string of the molecule is CC1(C)CN(C(=O)c2cnn3ccncc23)CC(CN)O1. The van der Waals surface area contributed by atoms with Crippen molar-refractivity contribution < 1.29 is 9.53 Å². The zero-order chi connectivity index (χ0) is 15.0. The molecule has 3 heterocycles. The highest BCUT2D eigenvalue weighted by molar-refractivity contribution is 6.00. The molecule has 2 aromatic heterocycles. The maximum atomic E-state index is 12.8. The molecular weight excluding hydrogens is 270 g/mol. The number of carbonyl (C=O) groups excluding carboxylic acids is 1. The van der Waals surface area contributed by atoms with Crippen LogP contribution in [0.1, 0.15) is 24.2 Å². The summed E-state index contributed by atoms with van der Waals surface area (Å²) in [6, 6.07) is 0. The number of nitrogens with zero attached hydrogens (tertiary/aromatic N) is 4. The molecule has 0 radical (unpaired) electrons. The summed E-state index contributed by atoms with van der Waals surface area (Å²) in [5.41, 5.74) is 6.56. The van der Waals surface area contributed by atoms with Crippen molar-refractivity contribution in [1.29, 1.82) is 0 Å². The first-order valence-electron chi connectivity index (χ1n) is 6.95. The van der Waals surface area contributed by atoms with Crippen LogP contribution in [-0.2, 0) is 4.74 Å². The normalized spacial score (nSPS) is 21.7. The first-order chi connectivity index (χ1) is 10.00. The Morgan fingerprint density at radius 2 is 2.33 bits per heavy atom. The van der Waals surface area contributed by atoms with Gasteiger partial charge >= 0.3 is 0 Å². The number of ether oxygens (including phenoxy) is 1. The molecule has 1 aliphatic rings. The largest absolute Gasteiger partial charge is 0.367 e. The minimum atomic E-state index is -0.404. The van der Waals surface area contributed by atoms with Gasteiger partial charge in [0, 0.05) is 32.0 Å². The lowest BCUT2D eigenvalue weighted by Crippen LogP contribution is -2.56. The van der Waals surface area contributed by atoms with Gasteiger partial charge in [-0.05, 0) is 13.8 Å². The maximum Gasteiger partial charge on any atom is 0.257 e. The molecule has 1 fully saturated rings. The van der Waals surface area contributed by atoms with Crippen molar-refractivity contribution >= 4 is 11.4 Å². The number of nitrogens with two attached hydrogens (primary N) is 1. The summed E-state index contributed by atoms with van der Waals surface area (Å²) in [5, 5.41) is 4.18. The molecule has 21 heavy (non-hydrogen) atoms. The molecule has 0 aliphatic carbocycles. The van der Waals surface area contributed by atoms with E-state index in [4.69, 9.17) is 10.5 Å². The van der Waals surface area contributed by atoms with Gasteiger partial charge in [-0.3, -0.25) is 9.78 Å². The Balaban J connectivity index is 1.90. The van der Waals surface area contributed by atoms with Gasteiger partial charge in [-0.2, -0.15) is 5.10 Å². The van der Waals surface area contributed by atoms with E-state index >= 15 is 0 Å². The molecule has 0 bridgehead atoms. The number of fused-ring (bicyclic) bond motifs is 1. The number of aromatic nitrogens is 3. The molecule has 2 aromatic rings. The lowest BCUT2D eigenvalue weighted by Gasteiger charge is -2.42. The van der Waals surface area contributed by atoms with E-state index in [1.165, 1.54) is 0 Å². The second-order valence-corrected chi connectivity index (χ2v) is 5.89. The van der Waals surface area contributed by atoms with Crippen molar-refractivity contribution in [1.82, 2.24) is 19.5 Å². The van der Waals surface area contributed by atoms with Crippen LogP contribution in [0.4, 0.5) is 0 Å². The van der Waals surface area contributed by atoms with Crippen molar-refractivity contribution in [3.8, 4) is 0 Å². The van der Waals surface area contributed by atoms with Gasteiger partial charge in [0.2, 0.25) is 0 Å². The first-order valence-corrected chi connectivity index (χ1v) is 6.95. The molecule has 0 saturated carbocycles. The smallest absolute Gasteiger partial charge is 0.257 e. The van der Waals surface area contributed by atoms with Gasteiger partial charge in [-0.25, -0.2) is 4.52 Å². The lowest BCUT2D eigenvalue weighted by atomic mass is 10.0. The second-order valence-electron chi connectivity index (χ2n) is 5.89. The first kappa shape index (κ1) is 14.0. The van der Waals surface area contributed by atoms with Crippen LogP contribution in [-0.4, -0.2) is 56.7 Å². The molecule has 1 amide bonds. The molecule has 1 saturated heterocycles. The third kappa shape index (κ3) is 2.62. The van der Waals surface area contributed by atoms with Gasteiger partial charge < -0.3 is 15.4 Å². The number of hydrogen-bond donors (Lipinski definition) is 1. The van der Waals surface area contributed by atoms with E-state index in [-0.39, 0.29) is 12.0 Å². The fourth-order valence-corrected chi connectivity index (χ4v) is 2.74. The standard InChI is InChI=1S/C14H19N5O2/c1-14(2)9-18(8-10(5-15)21-14)13(20)11-6-17-19-4-3-16-7-12(11)19/h3-4,6-7,10H,5,8-9,15H2,1-2H3. The van der Waals surface area contributed by atoms with E-state index in [1.54, 1.807) is 34.2 Å². The van der Waals surface area contributed by atoms with Crippen molar-refractivity contribution in [2.24, 2.45) is 5.73 Å². The zero-order valence-electron chi connectivity index (χ0n) is 12.2. The van der Waals surface area contributed by atoms with E-state index in [2.05, 4.69) is 10.1 Å². The van der Waals surface area contributed by atoms with Crippen molar-refractivity contribution in [3.63, 3.8) is 0 Å². The number of rotatable bonds is 2. The van der Waals surface area contributed by atoms with Crippen molar-refractivity contribution in [3.05, 3.63) is 30.4 Å². The van der Waals surface area contributed by atoms with Gasteiger partial charge in [0.15, 0.2) is 0 Å². The average Bonchev–Trinajstić information content (AvgIpc) is 2.88. The average molecular weight is 289 g/mol. The van der Waals surface area contributed by atoms with Crippen molar-refractivity contribution in [2.45, 2.75) is 25.6 Å². The Kier molecular flexibility index (Phi) is 3.38. The third-order valence-electron chi connectivity index (χ3n) is 3.59. The Morgan fingerprint density at radius 3 is 3.10 bits per heavy atom. The Labute approximate surface area is 122 Å². The molecule has 2 N–H and O–H groups in total. The summed E-state index contributed by atoms with van der Waals surface area (Å²) in [6.07, 6.45) is 6.44. The van der Waals surface area contributed by atoms with Gasteiger partial charge in [0.1, 0.15) is 0 Å². The lowest BCUT2D eigenvalue weighted by molar-refractivity contribution is -0.122. The quantitative estimate of drug-likeness (QED) is 0.860. The molecule has 1 aliphatic heterocycles. The van der Waals surface area contributed by atoms with Crippen LogP contribution in [0, 0.1) is 0 Å². The Hall–Kier alpha value is -1.99. The minimum absolute atomic E-state index is 0.0622. The zero-order valence-corrected chi connectivity index (χ0v) is 12.2. The second kappa shape index (κ2) is 5.09. The van der Waals surface area contributed by atoms with Gasteiger partial charge in [-0.1, -0.05) is 0 Å². The highest BCUT2D eigenvalue weighted by Gasteiger charge is 2.36. The van der Waals surface area contributed by atoms with Crippen molar-refractivity contribution in [2.75, 3.05) is 19.6 Å². The number of hydrogen-bond acceptors (Lipinski definition) is 5. The molecule has 112 valence electrons. The topological polar surface area (TPSA) is 85.8 Å². The number of carbonyl (C=O) groups is 1. The van der Waals surface area contributed by atoms with Crippen LogP contribution >= 0.6 is 0 Å². The molecule has 0 aromatic carbocycles. The monoisotopic (exact) mass is 289 g/mol. The summed E-state index contributed by atoms with van der Waals surface area (Å²) >= 11 is 0.